The zero-order valence-corrected chi connectivity index (χ0v) is 21.3. The van der Waals surface area contributed by atoms with Crippen LogP contribution in [-0.2, 0) is 28.9 Å². The van der Waals surface area contributed by atoms with Crippen LogP contribution in [0.15, 0.2) is 91.1 Å². The number of anilines is 1. The van der Waals surface area contributed by atoms with E-state index in [1.54, 1.807) is 12.1 Å². The van der Waals surface area contributed by atoms with Crippen molar-refractivity contribution in [2.45, 2.75) is 25.5 Å². The van der Waals surface area contributed by atoms with Gasteiger partial charge < -0.3 is 25.0 Å². The van der Waals surface area contributed by atoms with Crippen LogP contribution in [0.4, 0.5) is 5.69 Å². The van der Waals surface area contributed by atoms with E-state index in [4.69, 9.17) is 9.72 Å². The summed E-state index contributed by atoms with van der Waals surface area (Å²) in [4.78, 5) is 29.3. The predicted molar refractivity (Wildman–Crippen MR) is 146 cm³/mol. The molecule has 0 aliphatic rings. The lowest BCUT2D eigenvalue weighted by Crippen LogP contribution is -2.23. The van der Waals surface area contributed by atoms with Gasteiger partial charge in [0.25, 0.3) is 0 Å². The quantitative estimate of drug-likeness (QED) is 0.197. The minimum atomic E-state index is -0.584. The van der Waals surface area contributed by atoms with Crippen LogP contribution in [-0.4, -0.2) is 46.7 Å². The third-order valence-corrected chi connectivity index (χ3v) is 6.09. The van der Waals surface area contributed by atoms with Crippen LogP contribution in [0, 0.1) is 0 Å². The molecule has 0 aliphatic heterocycles. The maximum Gasteiger partial charge on any atom is 0.337 e. The Morgan fingerprint density at radius 3 is 2.34 bits per heavy atom. The highest BCUT2D eigenvalue weighted by Crippen LogP contribution is 2.14. The molecule has 1 amide bonds. The average molecular weight is 513 g/mol. The number of aliphatic hydroxyl groups is 1. The smallest absolute Gasteiger partial charge is 0.337 e. The number of esters is 1. The molecule has 0 spiro atoms. The molecule has 1 aromatic heterocycles. The summed E-state index contributed by atoms with van der Waals surface area (Å²) >= 11 is 0. The molecular formula is C30H32N4O4. The molecule has 4 rings (SSSR count). The number of imidazole rings is 1. The van der Waals surface area contributed by atoms with Crippen molar-refractivity contribution in [3.05, 3.63) is 119 Å². The van der Waals surface area contributed by atoms with Gasteiger partial charge >= 0.3 is 5.97 Å². The third-order valence-electron chi connectivity index (χ3n) is 6.09. The molecule has 196 valence electrons. The predicted octanol–water partition coefficient (Wildman–Crippen LogP) is 3.76. The summed E-state index contributed by atoms with van der Waals surface area (Å²) in [5.41, 5.74) is 3.90. The van der Waals surface area contributed by atoms with Gasteiger partial charge in [-0.1, -0.05) is 60.7 Å². The number of carbonyl (C=O) groups is 2. The zero-order chi connectivity index (χ0) is 26.7. The fraction of sp³-hybridized carbons (Fsp3) is 0.233. The van der Waals surface area contributed by atoms with E-state index in [-0.39, 0.29) is 18.3 Å². The molecular weight excluding hydrogens is 480 g/mol. The van der Waals surface area contributed by atoms with Gasteiger partial charge in [-0.2, -0.15) is 0 Å². The Morgan fingerprint density at radius 1 is 0.974 bits per heavy atom. The first-order valence-electron chi connectivity index (χ1n) is 12.5. The second-order valence-corrected chi connectivity index (χ2v) is 8.94. The Balaban J connectivity index is 1.42. The lowest BCUT2D eigenvalue weighted by atomic mass is 10.1. The van der Waals surface area contributed by atoms with Gasteiger partial charge in [0, 0.05) is 37.9 Å². The summed E-state index contributed by atoms with van der Waals surface area (Å²) in [7, 11) is 1.35. The second kappa shape index (κ2) is 13.3. The fourth-order valence-corrected chi connectivity index (χ4v) is 4.09. The minimum Gasteiger partial charge on any atom is -0.465 e. The molecule has 38 heavy (non-hydrogen) atoms. The first-order chi connectivity index (χ1) is 18.5. The first-order valence-corrected chi connectivity index (χ1v) is 12.5. The van der Waals surface area contributed by atoms with Gasteiger partial charge in [0.2, 0.25) is 5.91 Å². The van der Waals surface area contributed by atoms with Gasteiger partial charge in [0.1, 0.15) is 5.82 Å². The van der Waals surface area contributed by atoms with Crippen molar-refractivity contribution in [1.29, 1.82) is 0 Å². The molecule has 3 aromatic carbocycles. The van der Waals surface area contributed by atoms with Crippen LogP contribution in [0.25, 0.3) is 0 Å². The number of ether oxygens (including phenoxy) is 1. The van der Waals surface area contributed by atoms with Crippen molar-refractivity contribution >= 4 is 17.6 Å². The maximum atomic E-state index is 12.8. The van der Waals surface area contributed by atoms with E-state index < -0.39 is 6.10 Å². The number of carbonyl (C=O) groups excluding carboxylic acids is 2. The van der Waals surface area contributed by atoms with Crippen molar-refractivity contribution in [3.8, 4) is 0 Å². The molecule has 4 aromatic rings. The number of methoxy groups -OCH3 is 1. The van der Waals surface area contributed by atoms with Crippen LogP contribution in [0.1, 0.15) is 39.1 Å². The van der Waals surface area contributed by atoms with E-state index >= 15 is 0 Å². The van der Waals surface area contributed by atoms with Crippen molar-refractivity contribution in [3.63, 3.8) is 0 Å². The molecule has 8 nitrogen and oxygen atoms in total. The van der Waals surface area contributed by atoms with Gasteiger partial charge in [-0.05, 0) is 35.4 Å². The lowest BCUT2D eigenvalue weighted by molar-refractivity contribution is -0.115. The monoisotopic (exact) mass is 512 g/mol. The van der Waals surface area contributed by atoms with E-state index in [1.165, 1.54) is 7.11 Å². The number of nitrogens with zero attached hydrogens (tertiary/aromatic N) is 2. The van der Waals surface area contributed by atoms with Gasteiger partial charge in [-0.3, -0.25) is 4.79 Å². The van der Waals surface area contributed by atoms with Crippen molar-refractivity contribution in [1.82, 2.24) is 14.9 Å². The normalized spacial score (nSPS) is 11.6. The molecule has 1 heterocycles. The molecule has 0 saturated carbocycles. The summed E-state index contributed by atoms with van der Waals surface area (Å²) in [6.45, 7) is 1.57. The van der Waals surface area contributed by atoms with Crippen LogP contribution < -0.4 is 10.6 Å². The van der Waals surface area contributed by atoms with Gasteiger partial charge in [0.05, 0.1) is 30.9 Å². The van der Waals surface area contributed by atoms with E-state index in [0.717, 1.165) is 22.5 Å². The highest BCUT2D eigenvalue weighted by atomic mass is 16.5. The summed E-state index contributed by atoms with van der Waals surface area (Å²) in [5, 5.41) is 16.6. The number of aromatic nitrogens is 2. The van der Waals surface area contributed by atoms with Crippen LogP contribution in [0.5, 0.6) is 0 Å². The number of rotatable bonds is 12. The number of amides is 1. The first kappa shape index (κ1) is 26.8. The van der Waals surface area contributed by atoms with Crippen molar-refractivity contribution in [2.24, 2.45) is 0 Å². The van der Waals surface area contributed by atoms with E-state index in [2.05, 4.69) is 10.6 Å². The molecule has 0 bridgehead atoms. The molecule has 0 saturated heterocycles. The number of aliphatic hydroxyl groups excluding tert-OH is 1. The van der Waals surface area contributed by atoms with Crippen LogP contribution >= 0.6 is 0 Å². The van der Waals surface area contributed by atoms with Crippen molar-refractivity contribution in [2.75, 3.05) is 25.5 Å². The van der Waals surface area contributed by atoms with E-state index in [1.807, 2.05) is 83.6 Å². The van der Waals surface area contributed by atoms with Gasteiger partial charge in [-0.25, -0.2) is 9.78 Å². The molecule has 8 heteroatoms. The number of hydrogen-bond acceptors (Lipinski definition) is 6. The highest BCUT2D eigenvalue weighted by molar-refractivity contribution is 5.91. The fourth-order valence-electron chi connectivity index (χ4n) is 4.09. The van der Waals surface area contributed by atoms with Crippen LogP contribution in [0.2, 0.25) is 0 Å². The summed E-state index contributed by atoms with van der Waals surface area (Å²) in [6.07, 6.45) is 2.13. The average Bonchev–Trinajstić information content (AvgIpc) is 3.32. The maximum absolute atomic E-state index is 12.8. The number of nitrogens with one attached hydrogen (secondary N) is 2. The Hall–Kier alpha value is -4.27. The number of para-hydroxylation sites is 1. The summed E-state index contributed by atoms with van der Waals surface area (Å²) < 4.78 is 6.74. The summed E-state index contributed by atoms with van der Waals surface area (Å²) in [6, 6.07) is 26.0. The van der Waals surface area contributed by atoms with E-state index in [0.29, 0.717) is 37.4 Å². The topological polar surface area (TPSA) is 105 Å². The Bertz CT molecular complexity index is 1320. The van der Waals surface area contributed by atoms with Crippen molar-refractivity contribution < 1.29 is 19.4 Å². The Kier molecular flexibility index (Phi) is 9.39. The SMILES string of the molecule is COC(=O)c1ccc(Cn2cc(CCNC[C@H](O)c3ccccc3)nc2CC(=O)Nc2ccccc2)cc1. The Labute approximate surface area is 222 Å². The second-order valence-electron chi connectivity index (χ2n) is 8.94. The van der Waals surface area contributed by atoms with E-state index in [9.17, 15) is 14.7 Å². The molecule has 3 N–H and O–H groups in total. The zero-order valence-electron chi connectivity index (χ0n) is 21.3. The number of hydrogen-bond donors (Lipinski definition) is 3. The molecule has 0 aliphatic carbocycles. The Morgan fingerprint density at radius 2 is 1.66 bits per heavy atom. The highest BCUT2D eigenvalue weighted by Gasteiger charge is 2.14. The molecule has 0 unspecified atom stereocenters. The lowest BCUT2D eigenvalue weighted by Gasteiger charge is -2.11. The molecule has 0 fully saturated rings. The largest absolute Gasteiger partial charge is 0.465 e. The molecule has 1 atom stereocenters. The third kappa shape index (κ3) is 7.61. The minimum absolute atomic E-state index is 0.120. The van der Waals surface area contributed by atoms with Crippen LogP contribution in [0.3, 0.4) is 0 Å². The summed E-state index contributed by atoms with van der Waals surface area (Å²) in [5.74, 6) is 0.110. The van der Waals surface area contributed by atoms with Gasteiger partial charge in [0.15, 0.2) is 0 Å². The standard InChI is InChI=1S/C30H32N4O4/c1-38-30(37)24-14-12-22(13-15-24)20-34-21-26(16-17-31-19-27(35)23-8-4-2-5-9-23)32-28(34)18-29(36)33-25-10-6-3-7-11-25/h2-15,21,27,31,35H,16-20H2,1H3,(H,33,36)/t27-/m0/s1. The molecule has 0 radical (unpaired) electrons. The van der Waals surface area contributed by atoms with Gasteiger partial charge in [-0.15, -0.1) is 0 Å². The number of benzene rings is 3.